The SMILES string of the molecule is Cc1ccc2nc(COC(=O)C(NC(=O)c3ccccc3C)C(C)C)cc(=O)n2c1. The van der Waals surface area contributed by atoms with Crippen molar-refractivity contribution in [2.24, 2.45) is 5.92 Å². The molecule has 156 valence electrons. The largest absolute Gasteiger partial charge is 0.458 e. The van der Waals surface area contributed by atoms with Gasteiger partial charge < -0.3 is 10.1 Å². The second-order valence-corrected chi connectivity index (χ2v) is 7.64. The maximum atomic E-state index is 12.7. The van der Waals surface area contributed by atoms with Crippen LogP contribution in [-0.4, -0.2) is 27.3 Å². The van der Waals surface area contributed by atoms with Gasteiger partial charge in [-0.15, -0.1) is 0 Å². The number of ether oxygens (including phenoxy) is 1. The molecule has 3 rings (SSSR count). The van der Waals surface area contributed by atoms with Crippen molar-refractivity contribution >= 4 is 17.5 Å². The molecule has 7 heteroatoms. The van der Waals surface area contributed by atoms with Crippen LogP contribution < -0.4 is 10.9 Å². The molecule has 1 N–H and O–H groups in total. The Morgan fingerprint density at radius 2 is 1.87 bits per heavy atom. The van der Waals surface area contributed by atoms with Crippen molar-refractivity contribution in [1.29, 1.82) is 0 Å². The van der Waals surface area contributed by atoms with Gasteiger partial charge in [0.1, 0.15) is 18.3 Å². The number of carbonyl (C=O) groups excluding carboxylic acids is 2. The maximum Gasteiger partial charge on any atom is 0.329 e. The fraction of sp³-hybridized carbons (Fsp3) is 0.304. The first-order valence-electron chi connectivity index (χ1n) is 9.78. The number of hydrogen-bond acceptors (Lipinski definition) is 5. The molecule has 0 radical (unpaired) electrons. The number of fused-ring (bicyclic) bond motifs is 1. The van der Waals surface area contributed by atoms with Crippen LogP contribution in [0.25, 0.3) is 5.65 Å². The number of aromatic nitrogens is 2. The first-order valence-corrected chi connectivity index (χ1v) is 9.78. The molecule has 0 fully saturated rings. The summed E-state index contributed by atoms with van der Waals surface area (Å²) >= 11 is 0. The summed E-state index contributed by atoms with van der Waals surface area (Å²) in [5.74, 6) is -1.08. The van der Waals surface area contributed by atoms with Gasteiger partial charge >= 0.3 is 5.97 Å². The van der Waals surface area contributed by atoms with Gasteiger partial charge in [-0.2, -0.15) is 0 Å². The molecule has 1 aromatic carbocycles. The van der Waals surface area contributed by atoms with E-state index in [2.05, 4.69) is 10.3 Å². The van der Waals surface area contributed by atoms with Gasteiger partial charge in [0.05, 0.1) is 5.69 Å². The summed E-state index contributed by atoms with van der Waals surface area (Å²) in [5, 5.41) is 2.76. The van der Waals surface area contributed by atoms with E-state index in [1.165, 1.54) is 10.5 Å². The monoisotopic (exact) mass is 407 g/mol. The zero-order chi connectivity index (χ0) is 21.8. The lowest BCUT2D eigenvalue weighted by Gasteiger charge is -2.21. The van der Waals surface area contributed by atoms with Crippen LogP contribution in [0.3, 0.4) is 0 Å². The highest BCUT2D eigenvalue weighted by Crippen LogP contribution is 2.11. The van der Waals surface area contributed by atoms with Crippen LogP contribution >= 0.6 is 0 Å². The van der Waals surface area contributed by atoms with Crippen molar-refractivity contribution in [3.8, 4) is 0 Å². The molecule has 1 unspecified atom stereocenters. The third kappa shape index (κ3) is 4.74. The van der Waals surface area contributed by atoms with E-state index in [1.807, 2.05) is 45.9 Å². The summed E-state index contributed by atoms with van der Waals surface area (Å²) in [6.07, 6.45) is 1.70. The molecule has 0 aliphatic rings. The zero-order valence-corrected chi connectivity index (χ0v) is 17.5. The van der Waals surface area contributed by atoms with Gasteiger partial charge in [-0.25, -0.2) is 9.78 Å². The zero-order valence-electron chi connectivity index (χ0n) is 17.5. The van der Waals surface area contributed by atoms with E-state index in [0.717, 1.165) is 11.1 Å². The van der Waals surface area contributed by atoms with Gasteiger partial charge in [-0.1, -0.05) is 38.1 Å². The van der Waals surface area contributed by atoms with Crippen molar-refractivity contribution in [2.45, 2.75) is 40.3 Å². The molecule has 30 heavy (non-hydrogen) atoms. The van der Waals surface area contributed by atoms with Gasteiger partial charge in [0.2, 0.25) is 0 Å². The first-order chi connectivity index (χ1) is 14.3. The Labute approximate surface area is 174 Å². The van der Waals surface area contributed by atoms with Gasteiger partial charge in [0.25, 0.3) is 11.5 Å². The lowest BCUT2D eigenvalue weighted by Crippen LogP contribution is -2.45. The van der Waals surface area contributed by atoms with Gasteiger partial charge in [0.15, 0.2) is 0 Å². The Hall–Kier alpha value is -3.48. The Morgan fingerprint density at radius 3 is 2.57 bits per heavy atom. The Bertz CT molecular complexity index is 1150. The van der Waals surface area contributed by atoms with Gasteiger partial charge in [-0.05, 0) is 43.0 Å². The van der Waals surface area contributed by atoms with E-state index in [1.54, 1.807) is 24.4 Å². The number of amides is 1. The molecule has 0 aliphatic heterocycles. The van der Waals surface area contributed by atoms with Crippen LogP contribution in [-0.2, 0) is 16.1 Å². The Kier molecular flexibility index (Phi) is 6.30. The molecular formula is C23H25N3O4. The minimum Gasteiger partial charge on any atom is -0.458 e. The van der Waals surface area contributed by atoms with Crippen LogP contribution in [0.2, 0.25) is 0 Å². The summed E-state index contributed by atoms with van der Waals surface area (Å²) in [6, 6.07) is 11.3. The third-order valence-electron chi connectivity index (χ3n) is 4.82. The number of hydrogen-bond donors (Lipinski definition) is 1. The number of nitrogens with one attached hydrogen (secondary N) is 1. The second-order valence-electron chi connectivity index (χ2n) is 7.64. The van der Waals surface area contributed by atoms with Crippen LogP contribution in [0.1, 0.15) is 41.0 Å². The van der Waals surface area contributed by atoms with Crippen molar-refractivity contribution in [3.05, 3.63) is 81.4 Å². The van der Waals surface area contributed by atoms with E-state index in [4.69, 9.17) is 4.74 Å². The molecule has 0 spiro atoms. The van der Waals surface area contributed by atoms with E-state index in [0.29, 0.717) is 16.9 Å². The van der Waals surface area contributed by atoms with Gasteiger partial charge in [0, 0.05) is 17.8 Å². The van der Waals surface area contributed by atoms with Gasteiger partial charge in [-0.3, -0.25) is 14.0 Å². The Morgan fingerprint density at radius 1 is 1.13 bits per heavy atom. The molecule has 2 heterocycles. The molecule has 0 bridgehead atoms. The predicted octanol–water partition coefficient (Wildman–Crippen LogP) is 2.81. The normalized spacial score (nSPS) is 12.0. The molecule has 0 saturated heterocycles. The fourth-order valence-corrected chi connectivity index (χ4v) is 3.11. The predicted molar refractivity (Wildman–Crippen MR) is 113 cm³/mol. The lowest BCUT2D eigenvalue weighted by atomic mass is 10.0. The highest BCUT2D eigenvalue weighted by Gasteiger charge is 2.26. The maximum absolute atomic E-state index is 12.7. The molecule has 3 aromatic rings. The number of aryl methyl sites for hydroxylation is 2. The summed E-state index contributed by atoms with van der Waals surface area (Å²) in [5.41, 5.74) is 2.85. The number of pyridine rings is 1. The van der Waals surface area contributed by atoms with Crippen molar-refractivity contribution < 1.29 is 14.3 Å². The number of benzene rings is 1. The number of rotatable bonds is 6. The van der Waals surface area contributed by atoms with Crippen molar-refractivity contribution in [2.75, 3.05) is 0 Å². The van der Waals surface area contributed by atoms with Crippen LogP contribution in [0.15, 0.2) is 53.5 Å². The van der Waals surface area contributed by atoms with Crippen LogP contribution in [0.5, 0.6) is 0 Å². The molecule has 1 atom stereocenters. The summed E-state index contributed by atoms with van der Waals surface area (Å²) in [7, 11) is 0. The number of carbonyl (C=O) groups is 2. The number of nitrogens with zero attached hydrogens (tertiary/aromatic N) is 2. The highest BCUT2D eigenvalue weighted by atomic mass is 16.5. The quantitative estimate of drug-likeness (QED) is 0.635. The van der Waals surface area contributed by atoms with Crippen molar-refractivity contribution in [1.82, 2.24) is 14.7 Å². The lowest BCUT2D eigenvalue weighted by molar-refractivity contribution is -0.148. The fourth-order valence-electron chi connectivity index (χ4n) is 3.11. The molecular weight excluding hydrogens is 382 g/mol. The van der Waals surface area contributed by atoms with E-state index < -0.39 is 12.0 Å². The standard InChI is InChI=1S/C23H25N3O4/c1-14(2)21(25-22(28)18-8-6-5-7-16(18)4)23(29)30-13-17-11-20(27)26-12-15(3)9-10-19(26)24-17/h5-12,14,21H,13H2,1-4H3,(H,25,28). The average molecular weight is 407 g/mol. The summed E-state index contributed by atoms with van der Waals surface area (Å²) in [4.78, 5) is 41.9. The first kappa shape index (κ1) is 21.2. The van der Waals surface area contributed by atoms with E-state index in [9.17, 15) is 14.4 Å². The highest BCUT2D eigenvalue weighted by molar-refractivity contribution is 5.98. The van der Waals surface area contributed by atoms with Crippen molar-refractivity contribution in [3.63, 3.8) is 0 Å². The van der Waals surface area contributed by atoms with E-state index in [-0.39, 0.29) is 24.0 Å². The second kappa shape index (κ2) is 8.90. The molecule has 7 nitrogen and oxygen atoms in total. The van der Waals surface area contributed by atoms with Crippen LogP contribution in [0, 0.1) is 19.8 Å². The smallest absolute Gasteiger partial charge is 0.329 e. The number of esters is 1. The topological polar surface area (TPSA) is 89.8 Å². The average Bonchev–Trinajstić information content (AvgIpc) is 2.70. The molecule has 1 amide bonds. The Balaban J connectivity index is 1.72. The molecule has 0 saturated carbocycles. The third-order valence-corrected chi connectivity index (χ3v) is 4.82. The summed E-state index contributed by atoms with van der Waals surface area (Å²) < 4.78 is 6.83. The van der Waals surface area contributed by atoms with Crippen LogP contribution in [0.4, 0.5) is 0 Å². The van der Waals surface area contributed by atoms with E-state index >= 15 is 0 Å². The minimum absolute atomic E-state index is 0.151. The molecule has 0 aliphatic carbocycles. The summed E-state index contributed by atoms with van der Waals surface area (Å²) in [6.45, 7) is 7.23. The molecule has 2 aromatic heterocycles. The minimum atomic E-state index is -0.818.